The van der Waals surface area contributed by atoms with Crippen LogP contribution in [-0.2, 0) is 0 Å². The molecule has 1 unspecified atom stereocenters. The van der Waals surface area contributed by atoms with Gasteiger partial charge in [-0.15, -0.1) is 0 Å². The first-order valence-corrected chi connectivity index (χ1v) is 10.1. The number of anilines is 1. The fourth-order valence-electron chi connectivity index (χ4n) is 3.50. The van der Waals surface area contributed by atoms with Crippen LogP contribution in [0.3, 0.4) is 0 Å². The Bertz CT molecular complexity index is 1150. The molecule has 0 amide bonds. The van der Waals surface area contributed by atoms with Crippen molar-refractivity contribution in [1.29, 1.82) is 0 Å². The molecule has 1 atom stereocenters. The Balaban J connectivity index is 1.62. The van der Waals surface area contributed by atoms with E-state index in [1.54, 1.807) is 0 Å². The van der Waals surface area contributed by atoms with Crippen molar-refractivity contribution in [2.24, 2.45) is 0 Å². The third kappa shape index (κ3) is 4.67. The van der Waals surface area contributed by atoms with E-state index in [0.29, 0.717) is 11.4 Å². The summed E-state index contributed by atoms with van der Waals surface area (Å²) in [5.74, 6) is 0.107. The molecule has 1 N–H and O–H groups in total. The van der Waals surface area contributed by atoms with E-state index in [2.05, 4.69) is 42.6 Å². The highest BCUT2D eigenvalue weighted by Gasteiger charge is 2.18. The first-order chi connectivity index (χ1) is 14.1. The number of carbonyl (C=O) groups excluding carboxylic acids is 1. The summed E-state index contributed by atoms with van der Waals surface area (Å²) in [6.07, 6.45) is 0.355. The first-order valence-electron chi connectivity index (χ1n) is 9.69. The average molecular weight is 400 g/mol. The van der Waals surface area contributed by atoms with Gasteiger partial charge >= 0.3 is 0 Å². The van der Waals surface area contributed by atoms with Crippen LogP contribution in [0.2, 0.25) is 5.02 Å². The van der Waals surface area contributed by atoms with Gasteiger partial charge < -0.3 is 5.32 Å². The molecule has 0 spiro atoms. The van der Waals surface area contributed by atoms with E-state index < -0.39 is 0 Å². The first kappa shape index (κ1) is 19.2. The number of rotatable bonds is 6. The maximum atomic E-state index is 13.1. The second kappa shape index (κ2) is 8.50. The summed E-state index contributed by atoms with van der Waals surface area (Å²) >= 11 is 6.15. The second-order valence-electron chi connectivity index (χ2n) is 7.31. The van der Waals surface area contributed by atoms with Gasteiger partial charge in [-0.25, -0.2) is 0 Å². The highest BCUT2D eigenvalue weighted by atomic mass is 35.5. The van der Waals surface area contributed by atoms with Crippen molar-refractivity contribution in [3.8, 4) is 0 Å². The SMILES string of the molecule is Cc1ccc(C(CC(=O)c2ccc3ccccc3c2)Nc2cccc(Cl)c2)cc1. The summed E-state index contributed by atoms with van der Waals surface area (Å²) in [5.41, 5.74) is 3.89. The molecule has 0 radical (unpaired) electrons. The minimum atomic E-state index is -0.145. The molecular weight excluding hydrogens is 378 g/mol. The molecule has 0 bridgehead atoms. The zero-order valence-corrected chi connectivity index (χ0v) is 17.0. The van der Waals surface area contributed by atoms with Gasteiger partial charge in [0.15, 0.2) is 5.78 Å². The predicted molar refractivity (Wildman–Crippen MR) is 122 cm³/mol. The van der Waals surface area contributed by atoms with Crippen LogP contribution >= 0.6 is 11.6 Å². The molecule has 0 heterocycles. The van der Waals surface area contributed by atoms with Crippen molar-refractivity contribution in [3.05, 3.63) is 113 Å². The fraction of sp³-hybridized carbons (Fsp3) is 0.115. The lowest BCUT2D eigenvalue weighted by Crippen LogP contribution is -2.16. The van der Waals surface area contributed by atoms with Crippen molar-refractivity contribution in [1.82, 2.24) is 0 Å². The topological polar surface area (TPSA) is 29.1 Å². The van der Waals surface area contributed by atoms with E-state index in [-0.39, 0.29) is 11.8 Å². The fourth-order valence-corrected chi connectivity index (χ4v) is 3.69. The summed E-state index contributed by atoms with van der Waals surface area (Å²) < 4.78 is 0. The lowest BCUT2D eigenvalue weighted by Gasteiger charge is -2.20. The smallest absolute Gasteiger partial charge is 0.165 e. The monoisotopic (exact) mass is 399 g/mol. The van der Waals surface area contributed by atoms with Crippen LogP contribution in [0.25, 0.3) is 10.8 Å². The number of hydrogen-bond acceptors (Lipinski definition) is 2. The van der Waals surface area contributed by atoms with Crippen LogP contribution in [0.1, 0.15) is 33.9 Å². The number of hydrogen-bond donors (Lipinski definition) is 1. The Kier molecular flexibility index (Phi) is 5.64. The maximum absolute atomic E-state index is 13.1. The largest absolute Gasteiger partial charge is 0.378 e. The summed E-state index contributed by atoms with van der Waals surface area (Å²) in [5, 5.41) is 6.37. The molecule has 4 aromatic carbocycles. The number of carbonyl (C=O) groups is 1. The average Bonchev–Trinajstić information content (AvgIpc) is 2.73. The van der Waals surface area contributed by atoms with E-state index in [1.165, 1.54) is 5.56 Å². The highest BCUT2D eigenvalue weighted by molar-refractivity contribution is 6.30. The van der Waals surface area contributed by atoms with Gasteiger partial charge in [-0.05, 0) is 47.5 Å². The van der Waals surface area contributed by atoms with Crippen LogP contribution in [-0.4, -0.2) is 5.78 Å². The van der Waals surface area contributed by atoms with Crippen LogP contribution < -0.4 is 5.32 Å². The van der Waals surface area contributed by atoms with Gasteiger partial charge in [0.2, 0.25) is 0 Å². The molecule has 0 saturated carbocycles. The Morgan fingerprint density at radius 1 is 0.862 bits per heavy atom. The molecule has 4 aromatic rings. The molecule has 0 aliphatic heterocycles. The molecule has 0 fully saturated rings. The normalized spacial score (nSPS) is 11.9. The quantitative estimate of drug-likeness (QED) is 0.346. The van der Waals surface area contributed by atoms with Crippen LogP contribution in [0.15, 0.2) is 91.0 Å². The molecule has 29 heavy (non-hydrogen) atoms. The number of nitrogens with one attached hydrogen (secondary N) is 1. The summed E-state index contributed by atoms with van der Waals surface area (Å²) in [4.78, 5) is 13.1. The molecule has 144 valence electrons. The van der Waals surface area contributed by atoms with Gasteiger partial charge in [0.05, 0.1) is 6.04 Å². The Hall–Kier alpha value is -3.10. The van der Waals surface area contributed by atoms with Gasteiger partial charge in [0, 0.05) is 22.7 Å². The molecule has 3 heteroatoms. The minimum absolute atomic E-state index is 0.107. The number of ketones is 1. The molecule has 4 rings (SSSR count). The molecule has 2 nitrogen and oxygen atoms in total. The highest BCUT2D eigenvalue weighted by Crippen LogP contribution is 2.27. The van der Waals surface area contributed by atoms with Crippen molar-refractivity contribution in [2.45, 2.75) is 19.4 Å². The number of halogens is 1. The molecular formula is C26H22ClNO. The molecule has 0 saturated heterocycles. The lowest BCUT2D eigenvalue weighted by atomic mass is 9.95. The van der Waals surface area contributed by atoms with Crippen LogP contribution in [0.5, 0.6) is 0 Å². The Labute approximate surface area is 176 Å². The standard InChI is InChI=1S/C26H22ClNO/c1-18-9-11-20(12-10-18)25(28-24-8-4-7-23(27)16-24)17-26(29)22-14-13-19-5-2-3-6-21(19)15-22/h2-16,25,28H,17H2,1H3. The number of aryl methyl sites for hydroxylation is 1. The Morgan fingerprint density at radius 2 is 1.62 bits per heavy atom. The van der Waals surface area contributed by atoms with Crippen LogP contribution in [0, 0.1) is 6.92 Å². The zero-order chi connectivity index (χ0) is 20.2. The number of benzene rings is 4. The molecule has 0 aliphatic carbocycles. The van der Waals surface area contributed by atoms with E-state index in [0.717, 1.165) is 27.6 Å². The summed E-state index contributed by atoms with van der Waals surface area (Å²) in [6, 6.07) is 29.7. The summed E-state index contributed by atoms with van der Waals surface area (Å²) in [7, 11) is 0. The van der Waals surface area contributed by atoms with Crippen molar-refractivity contribution in [3.63, 3.8) is 0 Å². The summed E-state index contributed by atoms with van der Waals surface area (Å²) in [6.45, 7) is 2.06. The van der Waals surface area contributed by atoms with E-state index >= 15 is 0 Å². The van der Waals surface area contributed by atoms with Crippen molar-refractivity contribution in [2.75, 3.05) is 5.32 Å². The molecule has 0 aliphatic rings. The van der Waals surface area contributed by atoms with E-state index in [1.807, 2.05) is 60.7 Å². The minimum Gasteiger partial charge on any atom is -0.378 e. The van der Waals surface area contributed by atoms with Gasteiger partial charge in [-0.2, -0.15) is 0 Å². The maximum Gasteiger partial charge on any atom is 0.165 e. The van der Waals surface area contributed by atoms with Crippen LogP contribution in [0.4, 0.5) is 5.69 Å². The van der Waals surface area contributed by atoms with E-state index in [4.69, 9.17) is 11.6 Å². The van der Waals surface area contributed by atoms with Crippen molar-refractivity contribution >= 4 is 33.8 Å². The number of fused-ring (bicyclic) bond motifs is 1. The second-order valence-corrected chi connectivity index (χ2v) is 7.74. The van der Waals surface area contributed by atoms with E-state index in [9.17, 15) is 4.79 Å². The lowest BCUT2D eigenvalue weighted by molar-refractivity contribution is 0.0976. The van der Waals surface area contributed by atoms with Crippen molar-refractivity contribution < 1.29 is 4.79 Å². The van der Waals surface area contributed by atoms with Gasteiger partial charge in [-0.1, -0.05) is 83.9 Å². The molecule has 0 aromatic heterocycles. The number of Topliss-reactive ketones (excluding diaryl/α,β-unsaturated/α-hetero) is 1. The van der Waals surface area contributed by atoms with Gasteiger partial charge in [-0.3, -0.25) is 4.79 Å². The van der Waals surface area contributed by atoms with Gasteiger partial charge in [0.25, 0.3) is 0 Å². The third-order valence-electron chi connectivity index (χ3n) is 5.11. The van der Waals surface area contributed by atoms with Gasteiger partial charge in [0.1, 0.15) is 0 Å². The third-order valence-corrected chi connectivity index (χ3v) is 5.34. The predicted octanol–water partition coefficient (Wildman–Crippen LogP) is 7.23. The zero-order valence-electron chi connectivity index (χ0n) is 16.2. The Morgan fingerprint density at radius 3 is 2.38 bits per heavy atom.